The Morgan fingerprint density at radius 2 is 2.03 bits per heavy atom. The van der Waals surface area contributed by atoms with Gasteiger partial charge in [-0.2, -0.15) is 5.26 Å². The van der Waals surface area contributed by atoms with Gasteiger partial charge in [0.05, 0.1) is 29.5 Å². The second kappa shape index (κ2) is 13.1. The molecular formula is C28H34N6O3. The van der Waals surface area contributed by atoms with E-state index in [0.717, 1.165) is 52.8 Å². The first-order valence-corrected chi connectivity index (χ1v) is 12.3. The number of aromatic nitrogens is 1. The predicted octanol–water partition coefficient (Wildman–Crippen LogP) is 5.25. The Bertz CT molecular complexity index is 1280. The van der Waals surface area contributed by atoms with Gasteiger partial charge < -0.3 is 25.1 Å². The highest BCUT2D eigenvalue weighted by molar-refractivity contribution is 5.95. The highest BCUT2D eigenvalue weighted by atomic mass is 16.5. The SMILES string of the molecule is CC(C)OC=O.CNc1ccc(-c2c(C#N)c3ccc(OCCC(N)=NC=N)cc3n2C2CCC2)cc1. The molecule has 0 radical (unpaired) electrons. The number of anilines is 1. The van der Waals surface area contributed by atoms with Gasteiger partial charge in [-0.1, -0.05) is 12.1 Å². The number of carbonyl (C=O) groups is 1. The molecule has 0 unspecified atom stereocenters. The second-order valence-electron chi connectivity index (χ2n) is 8.93. The second-order valence-corrected chi connectivity index (χ2v) is 8.93. The molecule has 0 spiro atoms. The van der Waals surface area contributed by atoms with Gasteiger partial charge in [-0.25, -0.2) is 4.99 Å². The van der Waals surface area contributed by atoms with Crippen molar-refractivity contribution in [3.05, 3.63) is 48.0 Å². The number of hydrogen-bond donors (Lipinski definition) is 3. The largest absolute Gasteiger partial charge is 0.493 e. The molecule has 0 amide bonds. The molecule has 1 saturated carbocycles. The molecule has 0 atom stereocenters. The van der Waals surface area contributed by atoms with Crippen molar-refractivity contribution in [3.8, 4) is 23.1 Å². The van der Waals surface area contributed by atoms with Gasteiger partial charge in [-0.15, -0.1) is 0 Å². The van der Waals surface area contributed by atoms with Crippen molar-refractivity contribution >= 4 is 35.2 Å². The third-order valence-electron chi connectivity index (χ3n) is 6.16. The monoisotopic (exact) mass is 502 g/mol. The summed E-state index contributed by atoms with van der Waals surface area (Å²) in [6.07, 6.45) is 4.83. The number of amidine groups is 1. The number of hydrogen-bond acceptors (Lipinski definition) is 6. The fraction of sp³-hybridized carbons (Fsp3) is 0.357. The van der Waals surface area contributed by atoms with Gasteiger partial charge >= 0.3 is 0 Å². The summed E-state index contributed by atoms with van der Waals surface area (Å²) >= 11 is 0. The van der Waals surface area contributed by atoms with E-state index in [9.17, 15) is 10.1 Å². The van der Waals surface area contributed by atoms with E-state index in [1.807, 2.05) is 37.4 Å². The zero-order chi connectivity index (χ0) is 26.8. The van der Waals surface area contributed by atoms with Gasteiger partial charge in [0.1, 0.15) is 24.0 Å². The smallest absolute Gasteiger partial charge is 0.293 e. The number of nitrogens with two attached hydrogens (primary N) is 1. The van der Waals surface area contributed by atoms with Gasteiger partial charge in [-0.3, -0.25) is 10.2 Å². The number of carbonyl (C=O) groups excluding carboxylic acids is 1. The van der Waals surface area contributed by atoms with Gasteiger partial charge in [0.25, 0.3) is 6.47 Å². The zero-order valence-electron chi connectivity index (χ0n) is 21.5. The molecule has 1 aliphatic rings. The molecule has 4 rings (SSSR count). The summed E-state index contributed by atoms with van der Waals surface area (Å²) < 4.78 is 12.6. The number of benzene rings is 2. The maximum Gasteiger partial charge on any atom is 0.293 e. The molecule has 9 heteroatoms. The zero-order valence-corrected chi connectivity index (χ0v) is 21.5. The lowest BCUT2D eigenvalue weighted by Crippen LogP contribution is -2.18. The Labute approximate surface area is 217 Å². The van der Waals surface area contributed by atoms with Crippen LogP contribution in [0.4, 0.5) is 5.69 Å². The van der Waals surface area contributed by atoms with Crippen molar-refractivity contribution in [2.75, 3.05) is 19.0 Å². The van der Waals surface area contributed by atoms with E-state index in [0.29, 0.717) is 36.9 Å². The Kier molecular flexibility index (Phi) is 9.67. The van der Waals surface area contributed by atoms with Gasteiger partial charge in [0.15, 0.2) is 0 Å². The van der Waals surface area contributed by atoms with E-state index < -0.39 is 0 Å². The molecule has 1 aliphatic carbocycles. The first-order chi connectivity index (χ1) is 17.9. The fourth-order valence-electron chi connectivity index (χ4n) is 4.13. The van der Waals surface area contributed by atoms with Gasteiger partial charge in [0, 0.05) is 36.7 Å². The average Bonchev–Trinajstić information content (AvgIpc) is 3.17. The van der Waals surface area contributed by atoms with Crippen LogP contribution in [0, 0.1) is 16.7 Å². The van der Waals surface area contributed by atoms with E-state index in [1.165, 1.54) is 6.42 Å². The molecule has 1 aromatic heterocycles. The van der Waals surface area contributed by atoms with E-state index in [1.54, 1.807) is 13.8 Å². The highest BCUT2D eigenvalue weighted by Gasteiger charge is 2.28. The van der Waals surface area contributed by atoms with E-state index in [2.05, 4.69) is 37.8 Å². The summed E-state index contributed by atoms with van der Waals surface area (Å²) in [6.45, 7) is 4.43. The van der Waals surface area contributed by atoms with Gasteiger partial charge in [0.2, 0.25) is 0 Å². The molecule has 2 aromatic carbocycles. The minimum Gasteiger partial charge on any atom is -0.493 e. The Balaban J connectivity index is 0.000000568. The fourth-order valence-corrected chi connectivity index (χ4v) is 4.13. The van der Waals surface area contributed by atoms with Crippen molar-refractivity contribution in [2.45, 2.75) is 51.7 Å². The number of ether oxygens (including phenoxy) is 2. The summed E-state index contributed by atoms with van der Waals surface area (Å²) in [6, 6.07) is 16.9. The third-order valence-corrected chi connectivity index (χ3v) is 6.16. The number of rotatable bonds is 10. The summed E-state index contributed by atoms with van der Waals surface area (Å²) in [5.41, 5.74) is 10.5. The molecule has 37 heavy (non-hydrogen) atoms. The third kappa shape index (κ3) is 6.67. The molecule has 0 aliphatic heterocycles. The van der Waals surface area contributed by atoms with Crippen LogP contribution in [0.3, 0.4) is 0 Å². The van der Waals surface area contributed by atoms with Gasteiger partial charge in [-0.05, 0) is 62.9 Å². The van der Waals surface area contributed by atoms with Crippen LogP contribution < -0.4 is 15.8 Å². The molecule has 1 heterocycles. The summed E-state index contributed by atoms with van der Waals surface area (Å²) in [7, 11) is 1.90. The molecule has 1 fully saturated rings. The van der Waals surface area contributed by atoms with Crippen LogP contribution in [0.5, 0.6) is 5.75 Å². The Hall–Kier alpha value is -4.32. The Morgan fingerprint density at radius 1 is 1.30 bits per heavy atom. The molecule has 4 N–H and O–H groups in total. The standard InChI is InChI=1S/C24H26N6O.C4H8O2/c1-28-17-7-5-16(6-8-17)24-21(14-25)20-10-9-19(31-12-11-23(27)29-15-26)13-22(20)30(24)18-3-2-4-18;1-4(2)6-3-5/h5-10,13,15,18,28H,2-4,11-12H2,1H3,(H3,26,27,29);3-4H,1-2H3. The molecule has 0 bridgehead atoms. The molecular weight excluding hydrogens is 468 g/mol. The van der Waals surface area contributed by atoms with E-state index >= 15 is 0 Å². The summed E-state index contributed by atoms with van der Waals surface area (Å²) in [5.74, 6) is 1.10. The summed E-state index contributed by atoms with van der Waals surface area (Å²) in [5, 5.41) is 21.1. The minimum atomic E-state index is 0.0301. The number of nitriles is 1. The topological polar surface area (TPSA) is 139 Å². The van der Waals surface area contributed by atoms with Crippen LogP contribution in [-0.4, -0.2) is 43.0 Å². The van der Waals surface area contributed by atoms with E-state index in [-0.39, 0.29) is 6.10 Å². The quantitative estimate of drug-likeness (QED) is 0.197. The highest BCUT2D eigenvalue weighted by Crippen LogP contribution is 2.43. The van der Waals surface area contributed by atoms with Crippen molar-refractivity contribution in [2.24, 2.45) is 10.7 Å². The van der Waals surface area contributed by atoms with Crippen molar-refractivity contribution in [3.63, 3.8) is 0 Å². The molecule has 194 valence electrons. The van der Waals surface area contributed by atoms with Crippen molar-refractivity contribution in [1.29, 1.82) is 10.7 Å². The molecule has 9 nitrogen and oxygen atoms in total. The first-order valence-electron chi connectivity index (χ1n) is 12.3. The average molecular weight is 503 g/mol. The first kappa shape index (κ1) is 27.3. The van der Waals surface area contributed by atoms with Crippen molar-refractivity contribution in [1.82, 2.24) is 4.57 Å². The van der Waals surface area contributed by atoms with Crippen LogP contribution in [0.1, 0.15) is 51.1 Å². The number of fused-ring (bicyclic) bond motifs is 1. The summed E-state index contributed by atoms with van der Waals surface area (Å²) in [4.78, 5) is 13.1. The predicted molar refractivity (Wildman–Crippen MR) is 147 cm³/mol. The minimum absolute atomic E-state index is 0.0301. The molecule has 3 aromatic rings. The lowest BCUT2D eigenvalue weighted by atomic mass is 9.92. The lowest BCUT2D eigenvalue weighted by Gasteiger charge is -2.30. The van der Waals surface area contributed by atoms with E-state index in [4.69, 9.17) is 15.9 Å². The lowest BCUT2D eigenvalue weighted by molar-refractivity contribution is -0.131. The van der Waals surface area contributed by atoms with Crippen molar-refractivity contribution < 1.29 is 14.3 Å². The van der Waals surface area contributed by atoms with Crippen LogP contribution in [0.2, 0.25) is 0 Å². The van der Waals surface area contributed by atoms with Crippen LogP contribution in [0.25, 0.3) is 22.2 Å². The maximum absolute atomic E-state index is 10.0. The van der Waals surface area contributed by atoms with Crippen LogP contribution >= 0.6 is 0 Å². The van der Waals surface area contributed by atoms with Crippen LogP contribution in [0.15, 0.2) is 47.5 Å². The number of nitrogens with one attached hydrogen (secondary N) is 2. The Morgan fingerprint density at radius 3 is 2.54 bits per heavy atom. The number of nitrogens with zero attached hydrogens (tertiary/aromatic N) is 3. The molecule has 0 saturated heterocycles. The van der Waals surface area contributed by atoms with Crippen LogP contribution in [-0.2, 0) is 9.53 Å². The number of aliphatic imine (C=N–C) groups is 1. The maximum atomic E-state index is 10.0. The normalized spacial score (nSPS) is 13.2.